The molecule has 2 aliphatic carbocycles. The van der Waals surface area contributed by atoms with Gasteiger partial charge in [-0.3, -0.25) is 0 Å². The lowest BCUT2D eigenvalue weighted by Crippen LogP contribution is -2.41. The molecule has 0 unspecified atom stereocenters. The fraction of sp³-hybridized carbons (Fsp3) is 1.00. The van der Waals surface area contributed by atoms with E-state index < -0.39 is 7.38 Å². The zero-order chi connectivity index (χ0) is 12.8. The SMILES string of the molecule is CCCC[Si](Cl)(C1CCCCC1)C1CCCCC1. The monoisotopic (exact) mass is 286 g/mol. The van der Waals surface area contributed by atoms with Crippen LogP contribution in [0.5, 0.6) is 0 Å². The van der Waals surface area contributed by atoms with Gasteiger partial charge in [-0.05, 0) is 17.1 Å². The molecule has 18 heavy (non-hydrogen) atoms. The Bertz CT molecular complexity index is 211. The van der Waals surface area contributed by atoms with Crippen molar-refractivity contribution in [2.75, 3.05) is 0 Å². The highest BCUT2D eigenvalue weighted by Gasteiger charge is 2.45. The Labute approximate surface area is 120 Å². The molecule has 106 valence electrons. The van der Waals surface area contributed by atoms with Crippen molar-refractivity contribution in [1.82, 2.24) is 0 Å². The summed E-state index contributed by atoms with van der Waals surface area (Å²) >= 11 is 7.41. The number of rotatable bonds is 5. The molecule has 0 aromatic heterocycles. The maximum atomic E-state index is 7.41. The molecule has 2 fully saturated rings. The summed E-state index contributed by atoms with van der Waals surface area (Å²) in [6, 6.07) is 1.42. The fourth-order valence-corrected chi connectivity index (χ4v) is 11.2. The summed E-state index contributed by atoms with van der Waals surface area (Å²) in [4.78, 5) is 0. The molecule has 0 N–H and O–H groups in total. The van der Waals surface area contributed by atoms with Gasteiger partial charge in [0.05, 0.1) is 0 Å². The van der Waals surface area contributed by atoms with Crippen molar-refractivity contribution in [2.45, 2.75) is 101 Å². The zero-order valence-corrected chi connectivity index (χ0v) is 14.0. The predicted octanol–water partition coefficient (Wildman–Crippen LogP) is 6.64. The Balaban J connectivity index is 2.04. The van der Waals surface area contributed by atoms with E-state index in [9.17, 15) is 0 Å². The van der Waals surface area contributed by atoms with E-state index in [1.807, 2.05) is 0 Å². The van der Waals surface area contributed by atoms with Gasteiger partial charge in [-0.25, -0.2) is 0 Å². The van der Waals surface area contributed by atoms with Crippen molar-refractivity contribution in [3.8, 4) is 0 Å². The minimum atomic E-state index is -1.50. The van der Waals surface area contributed by atoms with E-state index in [-0.39, 0.29) is 0 Å². The molecule has 2 heteroatoms. The van der Waals surface area contributed by atoms with Crippen LogP contribution in [-0.2, 0) is 0 Å². The van der Waals surface area contributed by atoms with E-state index in [0.717, 1.165) is 11.1 Å². The molecular formula is C16H31ClSi. The third-order valence-electron chi connectivity index (χ3n) is 5.48. The van der Waals surface area contributed by atoms with Crippen molar-refractivity contribution >= 4 is 18.5 Å². The lowest BCUT2D eigenvalue weighted by atomic mass is 9.99. The second-order valence-electron chi connectivity index (χ2n) is 6.70. The van der Waals surface area contributed by atoms with Crippen molar-refractivity contribution < 1.29 is 0 Å². The summed E-state index contributed by atoms with van der Waals surface area (Å²) in [5, 5.41) is 0. The first-order valence-corrected chi connectivity index (χ1v) is 11.8. The van der Waals surface area contributed by atoms with Crippen LogP contribution in [0.3, 0.4) is 0 Å². The van der Waals surface area contributed by atoms with E-state index in [1.165, 1.54) is 83.1 Å². The first-order chi connectivity index (χ1) is 8.77. The molecule has 0 heterocycles. The first kappa shape index (κ1) is 14.9. The van der Waals surface area contributed by atoms with Gasteiger partial charge in [-0.15, -0.1) is 0 Å². The van der Waals surface area contributed by atoms with Crippen LogP contribution in [0.1, 0.15) is 84.0 Å². The first-order valence-electron chi connectivity index (χ1n) is 8.46. The summed E-state index contributed by atoms with van der Waals surface area (Å²) in [7, 11) is -1.50. The normalized spacial score (nSPS) is 24.3. The third kappa shape index (κ3) is 3.54. The highest BCUT2D eigenvalue weighted by molar-refractivity contribution is 7.21. The van der Waals surface area contributed by atoms with E-state index in [4.69, 9.17) is 11.1 Å². The largest absolute Gasteiger partial charge is 0.166 e. The minimum absolute atomic E-state index is 0.961. The van der Waals surface area contributed by atoms with Crippen LogP contribution in [0.15, 0.2) is 0 Å². The summed E-state index contributed by atoms with van der Waals surface area (Å²) in [6.45, 7) is 2.33. The molecule has 0 spiro atoms. The molecule has 0 saturated heterocycles. The Kier molecular flexibility index (Phi) is 6.07. The van der Waals surface area contributed by atoms with Gasteiger partial charge in [-0.2, -0.15) is 11.1 Å². The summed E-state index contributed by atoms with van der Waals surface area (Å²) < 4.78 is 0. The van der Waals surface area contributed by atoms with Gasteiger partial charge in [0.1, 0.15) is 0 Å². The van der Waals surface area contributed by atoms with Crippen LogP contribution in [0.2, 0.25) is 17.1 Å². The summed E-state index contributed by atoms with van der Waals surface area (Å²) in [5.41, 5.74) is 1.92. The number of hydrogen-bond donors (Lipinski definition) is 0. The highest BCUT2D eigenvalue weighted by Crippen LogP contribution is 2.52. The van der Waals surface area contributed by atoms with Crippen LogP contribution in [0.25, 0.3) is 0 Å². The van der Waals surface area contributed by atoms with Crippen LogP contribution >= 0.6 is 11.1 Å². The fourth-order valence-electron chi connectivity index (χ4n) is 4.35. The van der Waals surface area contributed by atoms with Gasteiger partial charge in [0, 0.05) is 0 Å². The molecule has 0 bridgehead atoms. The average Bonchev–Trinajstić information content (AvgIpc) is 2.46. The van der Waals surface area contributed by atoms with E-state index in [0.29, 0.717) is 0 Å². The molecule has 2 rings (SSSR count). The molecule has 0 amide bonds. The minimum Gasteiger partial charge on any atom is -0.166 e. The van der Waals surface area contributed by atoms with Crippen molar-refractivity contribution in [2.24, 2.45) is 0 Å². The van der Waals surface area contributed by atoms with Crippen molar-refractivity contribution in [3.63, 3.8) is 0 Å². The van der Waals surface area contributed by atoms with E-state index in [2.05, 4.69) is 6.92 Å². The molecular weight excluding hydrogens is 256 g/mol. The molecule has 0 atom stereocenters. The van der Waals surface area contributed by atoms with Crippen molar-refractivity contribution in [3.05, 3.63) is 0 Å². The predicted molar refractivity (Wildman–Crippen MR) is 85.0 cm³/mol. The molecule has 0 nitrogen and oxygen atoms in total. The number of unbranched alkanes of at least 4 members (excludes halogenated alkanes) is 1. The summed E-state index contributed by atoms with van der Waals surface area (Å²) in [6.07, 6.45) is 17.4. The maximum absolute atomic E-state index is 7.41. The Morgan fingerprint density at radius 3 is 1.67 bits per heavy atom. The number of halogens is 1. The molecule has 0 aromatic carbocycles. The lowest BCUT2D eigenvalue weighted by Gasteiger charge is -2.43. The Morgan fingerprint density at radius 1 is 0.833 bits per heavy atom. The van der Waals surface area contributed by atoms with Crippen LogP contribution in [-0.4, -0.2) is 7.38 Å². The second-order valence-corrected chi connectivity index (χ2v) is 12.8. The van der Waals surface area contributed by atoms with Crippen molar-refractivity contribution in [1.29, 1.82) is 0 Å². The van der Waals surface area contributed by atoms with Crippen LogP contribution in [0.4, 0.5) is 0 Å². The molecule has 0 aromatic rings. The van der Waals surface area contributed by atoms with Gasteiger partial charge in [0.25, 0.3) is 0 Å². The van der Waals surface area contributed by atoms with Gasteiger partial charge < -0.3 is 0 Å². The topological polar surface area (TPSA) is 0 Å². The van der Waals surface area contributed by atoms with E-state index >= 15 is 0 Å². The van der Waals surface area contributed by atoms with Gasteiger partial charge >= 0.3 is 0 Å². The highest BCUT2D eigenvalue weighted by atomic mass is 35.6. The molecule has 0 aliphatic heterocycles. The standard InChI is InChI=1S/C16H31ClSi/c1-2-3-14-18(17,15-10-6-4-7-11-15)16-12-8-5-9-13-16/h15-16H,2-14H2,1H3. The zero-order valence-electron chi connectivity index (χ0n) is 12.2. The summed E-state index contributed by atoms with van der Waals surface area (Å²) in [5.74, 6) is 0. The second kappa shape index (κ2) is 7.33. The molecule has 2 aliphatic rings. The Hall–Kier alpha value is 0.507. The smallest absolute Gasteiger partial charge is 0.162 e. The van der Waals surface area contributed by atoms with E-state index in [1.54, 1.807) is 0 Å². The van der Waals surface area contributed by atoms with Gasteiger partial charge in [0.2, 0.25) is 0 Å². The molecule has 2 saturated carbocycles. The lowest BCUT2D eigenvalue weighted by molar-refractivity contribution is 0.455. The van der Waals surface area contributed by atoms with Gasteiger partial charge in [-0.1, -0.05) is 84.0 Å². The Morgan fingerprint density at radius 2 is 1.28 bits per heavy atom. The average molecular weight is 287 g/mol. The van der Waals surface area contributed by atoms with Crippen LogP contribution in [0, 0.1) is 0 Å². The van der Waals surface area contributed by atoms with Crippen LogP contribution < -0.4 is 0 Å². The quantitative estimate of drug-likeness (QED) is 0.392. The van der Waals surface area contributed by atoms with Gasteiger partial charge in [0.15, 0.2) is 7.38 Å². The number of hydrogen-bond acceptors (Lipinski definition) is 0. The maximum Gasteiger partial charge on any atom is 0.162 e. The third-order valence-corrected chi connectivity index (χ3v) is 12.9. The molecule has 0 radical (unpaired) electrons.